The van der Waals surface area contributed by atoms with Crippen molar-refractivity contribution in [1.29, 1.82) is 0 Å². The van der Waals surface area contributed by atoms with Gasteiger partial charge in [0.25, 0.3) is 0 Å². The molecule has 0 radical (unpaired) electrons. The van der Waals surface area contributed by atoms with Crippen LogP contribution in [0, 0.1) is 0 Å². The molecule has 1 nitrogen and oxygen atoms in total. The third kappa shape index (κ3) is 5.65. The molecule has 0 amide bonds. The average Bonchev–Trinajstić information content (AvgIpc) is 2.84. The van der Waals surface area contributed by atoms with Crippen molar-refractivity contribution < 1.29 is 0 Å². The van der Waals surface area contributed by atoms with E-state index in [2.05, 4.69) is 80.4 Å². The summed E-state index contributed by atoms with van der Waals surface area (Å²) >= 11 is 7.79. The van der Waals surface area contributed by atoms with E-state index in [0.717, 1.165) is 27.1 Å². The van der Waals surface area contributed by atoms with Crippen LogP contribution in [0.4, 0.5) is 0 Å². The first-order chi connectivity index (χ1) is 15.9. The quantitative estimate of drug-likeness (QED) is 0.289. The van der Waals surface area contributed by atoms with Crippen LogP contribution >= 0.6 is 23.4 Å². The summed E-state index contributed by atoms with van der Waals surface area (Å²) in [5.74, 6) is 0. The lowest BCUT2D eigenvalue weighted by Crippen LogP contribution is -2.25. The Hall–Kier alpha value is -3.07. The monoisotopic (exact) mass is 469 g/mol. The summed E-state index contributed by atoms with van der Waals surface area (Å²) in [6.45, 7) is 16.0. The Morgan fingerprint density at radius 2 is 1.76 bits per heavy atom. The first-order valence-electron chi connectivity index (χ1n) is 10.6. The second kappa shape index (κ2) is 11.2. The zero-order valence-corrected chi connectivity index (χ0v) is 20.7. The van der Waals surface area contributed by atoms with E-state index >= 15 is 0 Å². The van der Waals surface area contributed by atoms with Crippen molar-refractivity contribution in [2.45, 2.75) is 19.3 Å². The van der Waals surface area contributed by atoms with Crippen molar-refractivity contribution in [2.75, 3.05) is 0 Å². The SMILES string of the molecule is C=C/C=C\C(=C)/C=C/c1ccnc2ccc(C(C)(/C(C)=C/SC=C)c3ccc(Cl)cc3)cc12. The number of benzene rings is 2. The highest BCUT2D eigenvalue weighted by Gasteiger charge is 2.31. The molecule has 1 aromatic heterocycles. The molecular formula is C30H28ClNS. The summed E-state index contributed by atoms with van der Waals surface area (Å²) in [6.07, 6.45) is 11.5. The van der Waals surface area contributed by atoms with E-state index in [4.69, 9.17) is 11.6 Å². The van der Waals surface area contributed by atoms with Gasteiger partial charge in [-0.3, -0.25) is 4.98 Å². The molecule has 33 heavy (non-hydrogen) atoms. The van der Waals surface area contributed by atoms with Crippen LogP contribution in [0.2, 0.25) is 5.02 Å². The van der Waals surface area contributed by atoms with E-state index in [0.29, 0.717) is 0 Å². The zero-order valence-electron chi connectivity index (χ0n) is 19.1. The van der Waals surface area contributed by atoms with Gasteiger partial charge in [-0.2, -0.15) is 0 Å². The summed E-state index contributed by atoms with van der Waals surface area (Å²) in [7, 11) is 0. The molecule has 0 saturated heterocycles. The smallest absolute Gasteiger partial charge is 0.0708 e. The zero-order chi connectivity index (χ0) is 23.8. The summed E-state index contributed by atoms with van der Waals surface area (Å²) in [4.78, 5) is 4.59. The Bertz CT molecular complexity index is 1260. The minimum absolute atomic E-state index is 0.345. The fourth-order valence-electron chi connectivity index (χ4n) is 3.74. The maximum Gasteiger partial charge on any atom is 0.0708 e. The lowest BCUT2D eigenvalue weighted by atomic mass is 9.71. The molecule has 1 atom stereocenters. The first kappa shape index (κ1) is 24.6. The number of aromatic nitrogens is 1. The Kier molecular flexibility index (Phi) is 8.32. The predicted octanol–water partition coefficient (Wildman–Crippen LogP) is 9.29. The van der Waals surface area contributed by atoms with E-state index in [-0.39, 0.29) is 5.41 Å². The van der Waals surface area contributed by atoms with Gasteiger partial charge >= 0.3 is 0 Å². The fraction of sp³-hybridized carbons (Fsp3) is 0.100. The molecule has 1 unspecified atom stereocenters. The molecule has 0 aliphatic carbocycles. The summed E-state index contributed by atoms with van der Waals surface area (Å²) in [6, 6.07) is 16.6. The lowest BCUT2D eigenvalue weighted by Gasteiger charge is -2.33. The second-order valence-corrected chi connectivity index (χ2v) is 9.15. The van der Waals surface area contributed by atoms with Gasteiger partial charge in [0, 0.05) is 22.0 Å². The van der Waals surface area contributed by atoms with Crippen molar-refractivity contribution in [1.82, 2.24) is 4.98 Å². The van der Waals surface area contributed by atoms with Crippen LogP contribution in [-0.4, -0.2) is 4.98 Å². The highest BCUT2D eigenvalue weighted by Crippen LogP contribution is 2.41. The molecule has 0 aliphatic rings. The lowest BCUT2D eigenvalue weighted by molar-refractivity contribution is 0.676. The molecule has 1 heterocycles. The van der Waals surface area contributed by atoms with Gasteiger partial charge in [-0.05, 0) is 77.3 Å². The number of hydrogen-bond donors (Lipinski definition) is 0. The Labute approximate surface area is 206 Å². The van der Waals surface area contributed by atoms with Crippen molar-refractivity contribution >= 4 is 40.3 Å². The molecular weight excluding hydrogens is 442 g/mol. The average molecular weight is 470 g/mol. The van der Waals surface area contributed by atoms with Crippen LogP contribution in [0.1, 0.15) is 30.5 Å². The van der Waals surface area contributed by atoms with Gasteiger partial charge in [0.05, 0.1) is 5.52 Å². The second-order valence-electron chi connectivity index (χ2n) is 7.87. The van der Waals surface area contributed by atoms with Gasteiger partial charge in [-0.1, -0.05) is 85.5 Å². The molecule has 0 bridgehead atoms. The number of fused-ring (bicyclic) bond motifs is 1. The van der Waals surface area contributed by atoms with Crippen LogP contribution < -0.4 is 0 Å². The number of allylic oxidation sites excluding steroid dienone is 6. The van der Waals surface area contributed by atoms with Crippen molar-refractivity contribution in [3.05, 3.63) is 142 Å². The van der Waals surface area contributed by atoms with Gasteiger partial charge in [-0.25, -0.2) is 0 Å². The van der Waals surface area contributed by atoms with Crippen LogP contribution in [-0.2, 0) is 5.41 Å². The third-order valence-electron chi connectivity index (χ3n) is 5.83. The molecule has 0 saturated carbocycles. The molecule has 0 N–H and O–H groups in total. The van der Waals surface area contributed by atoms with E-state index in [1.165, 1.54) is 16.7 Å². The van der Waals surface area contributed by atoms with Crippen LogP contribution in [0.15, 0.2) is 121 Å². The summed E-state index contributed by atoms with van der Waals surface area (Å²) < 4.78 is 0. The predicted molar refractivity (Wildman–Crippen MR) is 149 cm³/mol. The number of hydrogen-bond acceptors (Lipinski definition) is 2. The number of pyridine rings is 1. The fourth-order valence-corrected chi connectivity index (χ4v) is 4.40. The standard InChI is InChI=1S/C30H28ClNS/c1-6-8-9-22(3)10-11-24-18-19-32-29-17-14-26(20-28(24)29)30(5,23(4)21-33-7-2)25-12-15-27(31)16-13-25/h6-21H,1-3H2,4-5H3/b9-8-,11-10+,23-21+. The number of rotatable bonds is 9. The molecule has 0 fully saturated rings. The number of nitrogens with zero attached hydrogens (tertiary/aromatic N) is 1. The maximum atomic E-state index is 6.20. The van der Waals surface area contributed by atoms with Crippen molar-refractivity contribution in [3.8, 4) is 0 Å². The van der Waals surface area contributed by atoms with Gasteiger partial charge < -0.3 is 0 Å². The van der Waals surface area contributed by atoms with E-state index < -0.39 is 0 Å². The number of thioether (sulfide) groups is 1. The Morgan fingerprint density at radius 3 is 2.45 bits per heavy atom. The van der Waals surface area contributed by atoms with Gasteiger partial charge in [0.15, 0.2) is 0 Å². The normalized spacial score (nSPS) is 14.0. The van der Waals surface area contributed by atoms with Crippen LogP contribution in [0.5, 0.6) is 0 Å². The Morgan fingerprint density at radius 1 is 1.03 bits per heavy atom. The molecule has 0 spiro atoms. The molecule has 3 rings (SSSR count). The topological polar surface area (TPSA) is 12.9 Å². The highest BCUT2D eigenvalue weighted by atomic mass is 35.5. The highest BCUT2D eigenvalue weighted by molar-refractivity contribution is 8.04. The van der Waals surface area contributed by atoms with E-state index in [1.54, 1.807) is 17.8 Å². The van der Waals surface area contributed by atoms with Crippen molar-refractivity contribution in [3.63, 3.8) is 0 Å². The van der Waals surface area contributed by atoms with E-state index in [9.17, 15) is 0 Å². The molecule has 166 valence electrons. The van der Waals surface area contributed by atoms with Crippen molar-refractivity contribution in [2.24, 2.45) is 0 Å². The third-order valence-corrected chi connectivity index (χ3v) is 6.76. The minimum atomic E-state index is -0.345. The minimum Gasteiger partial charge on any atom is -0.256 e. The largest absolute Gasteiger partial charge is 0.256 e. The van der Waals surface area contributed by atoms with Gasteiger partial charge in [0.2, 0.25) is 0 Å². The number of halogens is 1. The first-order valence-corrected chi connectivity index (χ1v) is 12.0. The molecule has 0 aliphatic heterocycles. The molecule has 3 heteroatoms. The van der Waals surface area contributed by atoms with Gasteiger partial charge in [0.1, 0.15) is 0 Å². The molecule has 2 aromatic carbocycles. The maximum absolute atomic E-state index is 6.20. The van der Waals surface area contributed by atoms with Crippen LogP contribution in [0.3, 0.4) is 0 Å². The van der Waals surface area contributed by atoms with Gasteiger partial charge in [-0.15, -0.1) is 11.8 Å². The van der Waals surface area contributed by atoms with Crippen LogP contribution in [0.25, 0.3) is 17.0 Å². The molecule has 3 aromatic rings. The summed E-state index contributed by atoms with van der Waals surface area (Å²) in [5, 5.41) is 5.82. The Balaban J connectivity index is 2.18. The summed E-state index contributed by atoms with van der Waals surface area (Å²) in [5.41, 5.74) is 6.18. The van der Waals surface area contributed by atoms with E-state index in [1.807, 2.05) is 48.0 Å².